The summed E-state index contributed by atoms with van der Waals surface area (Å²) >= 11 is 0. The molecule has 1 aliphatic carbocycles. The van der Waals surface area contributed by atoms with Crippen LogP contribution in [0, 0.1) is 5.92 Å². The maximum absolute atomic E-state index is 5.10. The lowest BCUT2D eigenvalue weighted by molar-refractivity contribution is 0.113. The number of nitrogens with zero attached hydrogens (tertiary/aromatic N) is 1. The lowest BCUT2D eigenvalue weighted by Gasteiger charge is -2.34. The molecule has 1 aliphatic rings. The summed E-state index contributed by atoms with van der Waals surface area (Å²) in [7, 11) is 4.01. The zero-order valence-electron chi connectivity index (χ0n) is 9.96. The zero-order chi connectivity index (χ0) is 10.4. The predicted octanol–water partition coefficient (Wildman–Crippen LogP) is 2.53. The van der Waals surface area contributed by atoms with Crippen LogP contribution in [0.3, 0.4) is 0 Å². The van der Waals surface area contributed by atoms with Crippen LogP contribution in [0.1, 0.15) is 39.0 Å². The van der Waals surface area contributed by atoms with Crippen LogP contribution in [0.15, 0.2) is 0 Å². The first-order valence-corrected chi connectivity index (χ1v) is 5.97. The minimum Gasteiger partial charge on any atom is -0.383 e. The van der Waals surface area contributed by atoms with Crippen LogP contribution in [0.25, 0.3) is 0 Å². The molecule has 0 radical (unpaired) electrons. The molecule has 0 N–H and O–H groups in total. The van der Waals surface area contributed by atoms with Crippen LogP contribution in [0.5, 0.6) is 0 Å². The fourth-order valence-corrected chi connectivity index (χ4v) is 2.41. The van der Waals surface area contributed by atoms with E-state index in [1.807, 2.05) is 0 Å². The second kappa shape index (κ2) is 6.41. The number of hydrogen-bond acceptors (Lipinski definition) is 2. The van der Waals surface area contributed by atoms with Crippen molar-refractivity contribution in [2.24, 2.45) is 5.92 Å². The van der Waals surface area contributed by atoms with E-state index in [4.69, 9.17) is 4.74 Å². The molecule has 1 fully saturated rings. The number of hydrogen-bond donors (Lipinski definition) is 0. The highest BCUT2D eigenvalue weighted by atomic mass is 16.5. The Kier molecular flexibility index (Phi) is 5.49. The molecule has 0 amide bonds. The van der Waals surface area contributed by atoms with Crippen molar-refractivity contribution >= 4 is 0 Å². The monoisotopic (exact) mass is 199 g/mol. The predicted molar refractivity (Wildman–Crippen MR) is 60.5 cm³/mol. The highest BCUT2D eigenvalue weighted by Gasteiger charge is 2.22. The maximum atomic E-state index is 5.10. The van der Waals surface area contributed by atoms with Gasteiger partial charge in [0.25, 0.3) is 0 Å². The first-order valence-electron chi connectivity index (χ1n) is 5.97. The van der Waals surface area contributed by atoms with Crippen LogP contribution < -0.4 is 0 Å². The summed E-state index contributed by atoms with van der Waals surface area (Å²) in [6.45, 7) is 4.27. The van der Waals surface area contributed by atoms with Gasteiger partial charge in [0, 0.05) is 19.7 Å². The summed E-state index contributed by atoms with van der Waals surface area (Å²) in [5.41, 5.74) is 0. The Bertz CT molecular complexity index is 141. The molecule has 14 heavy (non-hydrogen) atoms. The lowest BCUT2D eigenvalue weighted by Crippen LogP contribution is -2.37. The molecule has 0 aromatic carbocycles. The molecule has 0 heterocycles. The van der Waals surface area contributed by atoms with Crippen molar-refractivity contribution in [2.75, 3.05) is 27.3 Å². The number of rotatable bonds is 5. The van der Waals surface area contributed by atoms with Gasteiger partial charge in [-0.2, -0.15) is 0 Å². The van der Waals surface area contributed by atoms with Gasteiger partial charge in [-0.05, 0) is 38.6 Å². The summed E-state index contributed by atoms with van der Waals surface area (Å²) in [6.07, 6.45) is 7.00. The minimum absolute atomic E-state index is 0.813. The third kappa shape index (κ3) is 3.58. The molecule has 1 saturated carbocycles. The minimum atomic E-state index is 0.813. The summed E-state index contributed by atoms with van der Waals surface area (Å²) < 4.78 is 5.10. The second-order valence-electron chi connectivity index (χ2n) is 4.56. The standard InChI is InChI=1S/C12H25NO/c1-4-11-5-7-12(8-6-11)13(2)9-10-14-3/h11-12H,4-10H2,1-3H3. The summed E-state index contributed by atoms with van der Waals surface area (Å²) in [6, 6.07) is 0.813. The van der Waals surface area contributed by atoms with Crippen molar-refractivity contribution in [1.29, 1.82) is 0 Å². The van der Waals surface area contributed by atoms with Crippen LogP contribution in [0.2, 0.25) is 0 Å². The Morgan fingerprint density at radius 2 is 1.86 bits per heavy atom. The first kappa shape index (κ1) is 12.0. The molecular weight excluding hydrogens is 174 g/mol. The Labute approximate surface area is 88.6 Å². The summed E-state index contributed by atoms with van der Waals surface area (Å²) in [4.78, 5) is 2.47. The third-order valence-electron chi connectivity index (χ3n) is 3.67. The Morgan fingerprint density at radius 1 is 1.21 bits per heavy atom. The quantitative estimate of drug-likeness (QED) is 0.674. The van der Waals surface area contributed by atoms with E-state index in [9.17, 15) is 0 Å². The molecular formula is C12H25NO. The molecule has 0 unspecified atom stereocenters. The molecule has 0 bridgehead atoms. The molecule has 0 aliphatic heterocycles. The summed E-state index contributed by atoms with van der Waals surface area (Å²) in [5, 5.41) is 0. The van der Waals surface area contributed by atoms with Gasteiger partial charge in [0.15, 0.2) is 0 Å². The smallest absolute Gasteiger partial charge is 0.0589 e. The normalized spacial score (nSPS) is 28.3. The van der Waals surface area contributed by atoms with Crippen LogP contribution in [-0.4, -0.2) is 38.3 Å². The Balaban J connectivity index is 2.19. The lowest BCUT2D eigenvalue weighted by atomic mass is 9.84. The Hall–Kier alpha value is -0.0800. The summed E-state index contributed by atoms with van der Waals surface area (Å²) in [5.74, 6) is 1.00. The molecule has 0 aromatic heterocycles. The molecule has 0 saturated heterocycles. The SMILES string of the molecule is CCC1CCC(N(C)CCOC)CC1. The van der Waals surface area contributed by atoms with E-state index in [-0.39, 0.29) is 0 Å². The molecule has 84 valence electrons. The van der Waals surface area contributed by atoms with E-state index in [1.165, 1.54) is 32.1 Å². The van der Waals surface area contributed by atoms with Gasteiger partial charge in [0.1, 0.15) is 0 Å². The molecule has 1 rings (SSSR count). The topological polar surface area (TPSA) is 12.5 Å². The highest BCUT2D eigenvalue weighted by Crippen LogP contribution is 2.28. The number of ether oxygens (including phenoxy) is 1. The van der Waals surface area contributed by atoms with Crippen molar-refractivity contribution in [3.05, 3.63) is 0 Å². The molecule has 2 nitrogen and oxygen atoms in total. The van der Waals surface area contributed by atoms with Gasteiger partial charge in [-0.25, -0.2) is 0 Å². The highest BCUT2D eigenvalue weighted by molar-refractivity contribution is 4.77. The van der Waals surface area contributed by atoms with E-state index in [0.717, 1.165) is 25.1 Å². The van der Waals surface area contributed by atoms with Crippen LogP contribution in [0.4, 0.5) is 0 Å². The van der Waals surface area contributed by atoms with Gasteiger partial charge >= 0.3 is 0 Å². The van der Waals surface area contributed by atoms with Gasteiger partial charge in [-0.3, -0.25) is 0 Å². The zero-order valence-corrected chi connectivity index (χ0v) is 9.96. The molecule has 2 heteroatoms. The fourth-order valence-electron chi connectivity index (χ4n) is 2.41. The van der Waals surface area contributed by atoms with Crippen LogP contribution >= 0.6 is 0 Å². The number of methoxy groups -OCH3 is 1. The second-order valence-corrected chi connectivity index (χ2v) is 4.56. The van der Waals surface area contributed by atoms with E-state index in [1.54, 1.807) is 7.11 Å². The van der Waals surface area contributed by atoms with Crippen molar-refractivity contribution in [3.8, 4) is 0 Å². The molecule has 0 spiro atoms. The van der Waals surface area contributed by atoms with E-state index in [2.05, 4.69) is 18.9 Å². The van der Waals surface area contributed by atoms with E-state index >= 15 is 0 Å². The average Bonchev–Trinajstić information content (AvgIpc) is 2.26. The molecule has 0 aromatic rings. The third-order valence-corrected chi connectivity index (χ3v) is 3.67. The van der Waals surface area contributed by atoms with Crippen molar-refractivity contribution in [1.82, 2.24) is 4.90 Å². The van der Waals surface area contributed by atoms with Crippen LogP contribution in [-0.2, 0) is 4.74 Å². The van der Waals surface area contributed by atoms with Crippen molar-refractivity contribution in [2.45, 2.75) is 45.1 Å². The number of likely N-dealkylation sites (N-methyl/N-ethyl adjacent to an activating group) is 1. The van der Waals surface area contributed by atoms with Gasteiger partial charge in [-0.15, -0.1) is 0 Å². The maximum Gasteiger partial charge on any atom is 0.0589 e. The van der Waals surface area contributed by atoms with Crippen molar-refractivity contribution < 1.29 is 4.74 Å². The largest absolute Gasteiger partial charge is 0.383 e. The van der Waals surface area contributed by atoms with E-state index < -0.39 is 0 Å². The van der Waals surface area contributed by atoms with Gasteiger partial charge in [0.2, 0.25) is 0 Å². The van der Waals surface area contributed by atoms with Crippen molar-refractivity contribution in [3.63, 3.8) is 0 Å². The van der Waals surface area contributed by atoms with Gasteiger partial charge in [-0.1, -0.05) is 13.3 Å². The average molecular weight is 199 g/mol. The first-order chi connectivity index (χ1) is 6.77. The fraction of sp³-hybridized carbons (Fsp3) is 1.00. The van der Waals surface area contributed by atoms with E-state index in [0.29, 0.717) is 0 Å². The molecule has 0 atom stereocenters. The van der Waals surface area contributed by atoms with Gasteiger partial charge < -0.3 is 9.64 Å². The van der Waals surface area contributed by atoms with Gasteiger partial charge in [0.05, 0.1) is 6.61 Å². The Morgan fingerprint density at radius 3 is 2.36 bits per heavy atom.